The molecule has 0 bridgehead atoms. The lowest BCUT2D eigenvalue weighted by Gasteiger charge is -2.27. The van der Waals surface area contributed by atoms with Crippen LogP contribution in [0, 0.1) is 0 Å². The van der Waals surface area contributed by atoms with Crippen LogP contribution >= 0.6 is 34.7 Å². The quantitative estimate of drug-likeness (QED) is 0.380. The summed E-state index contributed by atoms with van der Waals surface area (Å²) in [6.45, 7) is 1.51. The number of halogens is 1. The van der Waals surface area contributed by atoms with E-state index in [9.17, 15) is 13.2 Å². The highest BCUT2D eigenvalue weighted by atomic mass is 35.5. The summed E-state index contributed by atoms with van der Waals surface area (Å²) in [6, 6.07) is 15.2. The summed E-state index contributed by atoms with van der Waals surface area (Å²) in [5.74, 6) is 0.226. The van der Waals surface area contributed by atoms with Crippen LogP contribution in [0.2, 0.25) is 5.02 Å². The van der Waals surface area contributed by atoms with Crippen molar-refractivity contribution in [1.82, 2.24) is 10.2 Å². The first-order valence-corrected chi connectivity index (χ1v) is 12.8. The van der Waals surface area contributed by atoms with Gasteiger partial charge in [-0.1, -0.05) is 65.0 Å². The number of amides is 1. The van der Waals surface area contributed by atoms with Gasteiger partial charge in [0.1, 0.15) is 6.04 Å². The highest BCUT2D eigenvalue weighted by Gasteiger charge is 2.29. The minimum atomic E-state index is -3.71. The molecule has 0 spiro atoms. The van der Waals surface area contributed by atoms with Crippen molar-refractivity contribution in [2.24, 2.45) is 0 Å². The van der Waals surface area contributed by atoms with E-state index in [0.717, 1.165) is 21.9 Å². The molecule has 0 aliphatic rings. The number of hydrogen-bond donors (Lipinski definition) is 1. The van der Waals surface area contributed by atoms with E-state index in [2.05, 4.69) is 15.5 Å². The SMILES string of the molecule is CC(C(=O)Nc1nnc(SCc2ccccc2)s1)N(c1ccc(Cl)cc1)S(C)(=O)=O. The van der Waals surface area contributed by atoms with Crippen LogP contribution in [0.5, 0.6) is 0 Å². The zero-order valence-corrected chi connectivity index (χ0v) is 19.4. The van der Waals surface area contributed by atoms with Crippen molar-refractivity contribution < 1.29 is 13.2 Å². The first-order chi connectivity index (χ1) is 14.2. The molecule has 7 nitrogen and oxygen atoms in total. The third-order valence-electron chi connectivity index (χ3n) is 4.01. The standard InChI is InChI=1S/C19H19ClN4O3S3/c1-13(24(30(2,26)27)16-10-8-15(20)9-11-16)17(25)21-18-22-23-19(29-18)28-12-14-6-4-3-5-7-14/h3-11,13H,12H2,1-2H3,(H,21,22,25). The molecule has 1 heterocycles. The lowest BCUT2D eigenvalue weighted by Crippen LogP contribution is -2.45. The Morgan fingerprint density at radius 1 is 1.17 bits per heavy atom. The molecule has 0 radical (unpaired) electrons. The highest BCUT2D eigenvalue weighted by Crippen LogP contribution is 2.29. The Labute approximate surface area is 188 Å². The molecule has 0 aliphatic heterocycles. The number of anilines is 2. The minimum absolute atomic E-state index is 0.312. The fourth-order valence-corrected chi connectivity index (χ4v) is 5.66. The average molecular weight is 483 g/mol. The van der Waals surface area contributed by atoms with Crippen LogP contribution in [-0.4, -0.2) is 36.8 Å². The predicted molar refractivity (Wildman–Crippen MR) is 123 cm³/mol. The van der Waals surface area contributed by atoms with Gasteiger partial charge in [-0.25, -0.2) is 8.42 Å². The summed E-state index contributed by atoms with van der Waals surface area (Å²) in [4.78, 5) is 12.7. The van der Waals surface area contributed by atoms with E-state index in [1.165, 1.54) is 30.0 Å². The number of thioether (sulfide) groups is 1. The second kappa shape index (κ2) is 9.78. The Balaban J connectivity index is 1.68. The summed E-state index contributed by atoms with van der Waals surface area (Å²) in [5.41, 5.74) is 1.50. The molecule has 30 heavy (non-hydrogen) atoms. The van der Waals surface area contributed by atoms with Crippen LogP contribution in [0.15, 0.2) is 58.9 Å². The maximum atomic E-state index is 12.7. The zero-order chi connectivity index (χ0) is 21.7. The number of nitrogens with zero attached hydrogens (tertiary/aromatic N) is 3. The Bertz CT molecular complexity index is 1110. The third kappa shape index (κ3) is 5.94. The summed E-state index contributed by atoms with van der Waals surface area (Å²) >= 11 is 8.64. The van der Waals surface area contributed by atoms with E-state index in [1.807, 2.05) is 30.3 Å². The molecule has 1 atom stereocenters. The van der Waals surface area contributed by atoms with Crippen molar-refractivity contribution in [3.8, 4) is 0 Å². The molecule has 0 saturated carbocycles. The van der Waals surface area contributed by atoms with Gasteiger partial charge < -0.3 is 0 Å². The van der Waals surface area contributed by atoms with Crippen LogP contribution in [-0.2, 0) is 20.6 Å². The topological polar surface area (TPSA) is 92.3 Å². The number of sulfonamides is 1. The third-order valence-corrected chi connectivity index (χ3v) is 7.55. The second-order valence-electron chi connectivity index (χ2n) is 6.35. The van der Waals surface area contributed by atoms with Gasteiger partial charge in [-0.05, 0) is 36.8 Å². The second-order valence-corrected chi connectivity index (χ2v) is 10.8. The number of rotatable bonds is 8. The summed E-state index contributed by atoms with van der Waals surface area (Å²) in [7, 11) is -3.71. The van der Waals surface area contributed by atoms with Crippen LogP contribution in [0.4, 0.5) is 10.8 Å². The van der Waals surface area contributed by atoms with Gasteiger partial charge in [0.05, 0.1) is 11.9 Å². The van der Waals surface area contributed by atoms with E-state index in [-0.39, 0.29) is 0 Å². The largest absolute Gasteiger partial charge is 0.299 e. The van der Waals surface area contributed by atoms with E-state index in [0.29, 0.717) is 20.2 Å². The fraction of sp³-hybridized carbons (Fsp3) is 0.211. The molecule has 0 fully saturated rings. The Morgan fingerprint density at radius 2 is 1.83 bits per heavy atom. The molecule has 0 aliphatic carbocycles. The molecule has 1 amide bonds. The Kier molecular flexibility index (Phi) is 7.35. The minimum Gasteiger partial charge on any atom is -0.299 e. The van der Waals surface area contributed by atoms with E-state index in [1.54, 1.807) is 24.3 Å². The predicted octanol–water partition coefficient (Wildman–Crippen LogP) is 4.28. The molecule has 11 heteroatoms. The molecule has 158 valence electrons. The number of carbonyl (C=O) groups is 1. The summed E-state index contributed by atoms with van der Waals surface area (Å²) in [6.07, 6.45) is 1.05. The smallest absolute Gasteiger partial charge is 0.249 e. The fourth-order valence-electron chi connectivity index (χ4n) is 2.64. The molecule has 0 saturated heterocycles. The van der Waals surface area contributed by atoms with Crippen LogP contribution in [0.25, 0.3) is 0 Å². The Morgan fingerprint density at radius 3 is 2.47 bits per heavy atom. The number of aromatic nitrogens is 2. The van der Waals surface area contributed by atoms with E-state index < -0.39 is 22.0 Å². The molecule has 3 rings (SSSR count). The monoisotopic (exact) mass is 482 g/mol. The van der Waals surface area contributed by atoms with Gasteiger partial charge in [-0.2, -0.15) is 0 Å². The van der Waals surface area contributed by atoms with Gasteiger partial charge in [0.15, 0.2) is 4.34 Å². The van der Waals surface area contributed by atoms with Crippen molar-refractivity contribution in [3.63, 3.8) is 0 Å². The molecular formula is C19H19ClN4O3S3. The van der Waals surface area contributed by atoms with Crippen molar-refractivity contribution in [2.75, 3.05) is 15.9 Å². The van der Waals surface area contributed by atoms with Gasteiger partial charge >= 0.3 is 0 Å². The molecule has 3 aromatic rings. The molecule has 1 unspecified atom stereocenters. The van der Waals surface area contributed by atoms with Gasteiger partial charge in [0, 0.05) is 10.8 Å². The van der Waals surface area contributed by atoms with Crippen LogP contribution < -0.4 is 9.62 Å². The first kappa shape index (κ1) is 22.5. The number of benzene rings is 2. The van der Waals surface area contributed by atoms with Crippen LogP contribution in [0.3, 0.4) is 0 Å². The van der Waals surface area contributed by atoms with Crippen molar-refractivity contribution >= 4 is 61.4 Å². The molecule has 1 aromatic heterocycles. The lowest BCUT2D eigenvalue weighted by molar-refractivity contribution is -0.116. The van der Waals surface area contributed by atoms with Crippen LogP contribution in [0.1, 0.15) is 12.5 Å². The highest BCUT2D eigenvalue weighted by molar-refractivity contribution is 8.00. The van der Waals surface area contributed by atoms with Gasteiger partial charge in [0.25, 0.3) is 0 Å². The Hall–Kier alpha value is -2.14. The number of hydrogen-bond acceptors (Lipinski definition) is 7. The average Bonchev–Trinajstić information content (AvgIpc) is 3.15. The van der Waals surface area contributed by atoms with Crippen molar-refractivity contribution in [3.05, 3.63) is 65.2 Å². The van der Waals surface area contributed by atoms with Gasteiger partial charge in [0.2, 0.25) is 21.1 Å². The first-order valence-electron chi connectivity index (χ1n) is 8.80. The summed E-state index contributed by atoms with van der Waals surface area (Å²) < 4.78 is 26.4. The molecule has 2 aromatic carbocycles. The molecular weight excluding hydrogens is 464 g/mol. The van der Waals surface area contributed by atoms with Gasteiger partial charge in [-0.3, -0.25) is 14.4 Å². The van der Waals surface area contributed by atoms with Gasteiger partial charge in [-0.15, -0.1) is 10.2 Å². The maximum absolute atomic E-state index is 12.7. The van der Waals surface area contributed by atoms with Crippen molar-refractivity contribution in [2.45, 2.75) is 23.1 Å². The van der Waals surface area contributed by atoms with Crippen molar-refractivity contribution in [1.29, 1.82) is 0 Å². The van der Waals surface area contributed by atoms with E-state index >= 15 is 0 Å². The summed E-state index contributed by atoms with van der Waals surface area (Å²) in [5, 5.41) is 11.5. The number of nitrogens with one attached hydrogen (secondary N) is 1. The zero-order valence-electron chi connectivity index (χ0n) is 16.1. The lowest BCUT2D eigenvalue weighted by atomic mass is 10.2. The van der Waals surface area contributed by atoms with E-state index in [4.69, 9.17) is 11.6 Å². The molecule has 1 N–H and O–H groups in total. The maximum Gasteiger partial charge on any atom is 0.249 e. The normalized spacial score (nSPS) is 12.4. The number of carbonyl (C=O) groups excluding carboxylic acids is 1.